The number of halogens is 3. The van der Waals surface area contributed by atoms with Gasteiger partial charge in [0.25, 0.3) is 0 Å². The van der Waals surface area contributed by atoms with Gasteiger partial charge < -0.3 is 25.8 Å². The Labute approximate surface area is 244 Å². The second-order valence-electron chi connectivity index (χ2n) is 8.67. The molecule has 0 spiro atoms. The van der Waals surface area contributed by atoms with Gasteiger partial charge >= 0.3 is 0 Å². The summed E-state index contributed by atoms with van der Waals surface area (Å²) in [6, 6.07) is 12.5. The van der Waals surface area contributed by atoms with Gasteiger partial charge in [-0.3, -0.25) is 0 Å². The van der Waals surface area contributed by atoms with Crippen LogP contribution < -0.4 is 16.4 Å². The van der Waals surface area contributed by atoms with Crippen LogP contribution in [0.2, 0.25) is 0 Å². The maximum Gasteiger partial charge on any atom is 0.182 e. The second kappa shape index (κ2) is 14.7. The highest BCUT2D eigenvalue weighted by molar-refractivity contribution is 9.11. The predicted octanol–water partition coefficient (Wildman–Crippen LogP) is 7.09. The zero-order chi connectivity index (χ0) is 27.6. The van der Waals surface area contributed by atoms with Gasteiger partial charge in [-0.2, -0.15) is 0 Å². The van der Waals surface area contributed by atoms with E-state index in [0.717, 1.165) is 57.6 Å². The quantitative estimate of drug-likeness (QED) is 0.246. The SMILES string of the molecule is C1CCOCC1.Nc1nc(-c2ccc(F)cc2)c(Br)s1.Nc1nc(-c2ccc(F)cc2)c(N2CCOCC2)s1.[2HH]. The molecule has 2 aliphatic heterocycles. The van der Waals surface area contributed by atoms with Crippen LogP contribution in [-0.4, -0.2) is 49.5 Å². The molecule has 7 nitrogen and oxygen atoms in total. The van der Waals surface area contributed by atoms with Crippen molar-refractivity contribution in [3.05, 3.63) is 64.0 Å². The minimum absolute atomic E-state index is 0. The molecule has 2 aliphatic rings. The number of aromatic nitrogens is 2. The number of rotatable bonds is 3. The van der Waals surface area contributed by atoms with Gasteiger partial charge in [-0.1, -0.05) is 22.7 Å². The van der Waals surface area contributed by atoms with Crippen LogP contribution in [0, 0.1) is 11.6 Å². The summed E-state index contributed by atoms with van der Waals surface area (Å²) in [7, 11) is 0. The van der Waals surface area contributed by atoms with Crippen LogP contribution in [0.25, 0.3) is 22.5 Å². The molecule has 0 bridgehead atoms. The van der Waals surface area contributed by atoms with Crippen molar-refractivity contribution in [3.8, 4) is 22.5 Å². The Balaban J connectivity index is 0.000000184. The molecule has 0 saturated carbocycles. The summed E-state index contributed by atoms with van der Waals surface area (Å²) in [5, 5.41) is 2.06. The molecule has 0 amide bonds. The Morgan fingerprint density at radius 2 is 1.21 bits per heavy atom. The minimum atomic E-state index is -0.256. The molecule has 0 aliphatic carbocycles. The van der Waals surface area contributed by atoms with Crippen LogP contribution in [-0.2, 0) is 9.47 Å². The van der Waals surface area contributed by atoms with Crippen LogP contribution in [0.5, 0.6) is 0 Å². The average molecular weight is 642 g/mol. The van der Waals surface area contributed by atoms with E-state index in [-0.39, 0.29) is 13.1 Å². The zero-order valence-electron chi connectivity index (χ0n) is 21.2. The average Bonchev–Trinajstić information content (AvgIpc) is 3.52. The van der Waals surface area contributed by atoms with Gasteiger partial charge in [-0.15, -0.1) is 0 Å². The molecule has 4 aromatic rings. The number of morpholine rings is 1. The van der Waals surface area contributed by atoms with Crippen molar-refractivity contribution >= 4 is 53.9 Å². The molecule has 39 heavy (non-hydrogen) atoms. The Hall–Kier alpha value is -2.64. The zero-order valence-corrected chi connectivity index (χ0v) is 24.5. The third-order valence-corrected chi connectivity index (χ3v) is 8.32. The van der Waals surface area contributed by atoms with Crippen LogP contribution in [0.4, 0.5) is 24.0 Å². The van der Waals surface area contributed by atoms with Crippen molar-refractivity contribution in [2.75, 3.05) is 55.9 Å². The Morgan fingerprint density at radius 1 is 0.718 bits per heavy atom. The molecule has 6 rings (SSSR count). The number of nitrogens with zero attached hydrogens (tertiary/aromatic N) is 3. The van der Waals surface area contributed by atoms with E-state index in [9.17, 15) is 8.78 Å². The van der Waals surface area contributed by atoms with E-state index >= 15 is 0 Å². The van der Waals surface area contributed by atoms with Gasteiger partial charge in [0.2, 0.25) is 0 Å². The normalized spacial score (nSPS) is 15.1. The van der Waals surface area contributed by atoms with Gasteiger partial charge in [0.1, 0.15) is 22.3 Å². The largest absolute Gasteiger partial charge is 0.381 e. The fourth-order valence-corrected chi connectivity index (χ4v) is 6.20. The third kappa shape index (κ3) is 8.67. The van der Waals surface area contributed by atoms with Crippen molar-refractivity contribution in [2.45, 2.75) is 19.3 Å². The maximum absolute atomic E-state index is 13.0. The van der Waals surface area contributed by atoms with Gasteiger partial charge in [-0.05, 0) is 83.7 Å². The molecule has 0 radical (unpaired) electrons. The van der Waals surface area contributed by atoms with Crippen molar-refractivity contribution < 1.29 is 19.7 Å². The van der Waals surface area contributed by atoms with Crippen LogP contribution in [0.3, 0.4) is 0 Å². The fourth-order valence-electron chi connectivity index (χ4n) is 3.89. The topological polar surface area (TPSA) is 99.5 Å². The molecule has 4 N–H and O–H groups in total. The molecular weight excluding hydrogens is 608 g/mol. The lowest BCUT2D eigenvalue weighted by Gasteiger charge is -2.27. The van der Waals surface area contributed by atoms with E-state index in [1.807, 2.05) is 0 Å². The van der Waals surface area contributed by atoms with E-state index in [4.69, 9.17) is 20.9 Å². The molecule has 4 heterocycles. The van der Waals surface area contributed by atoms with E-state index in [0.29, 0.717) is 23.5 Å². The number of nitrogens with two attached hydrogens (primary N) is 2. The van der Waals surface area contributed by atoms with E-state index in [1.54, 1.807) is 24.3 Å². The minimum Gasteiger partial charge on any atom is -0.381 e. The van der Waals surface area contributed by atoms with E-state index in [1.165, 1.54) is 66.2 Å². The summed E-state index contributed by atoms with van der Waals surface area (Å²) in [5.41, 5.74) is 14.7. The highest BCUT2D eigenvalue weighted by Crippen LogP contribution is 2.38. The number of hydrogen-bond acceptors (Lipinski definition) is 9. The lowest BCUT2D eigenvalue weighted by atomic mass is 10.1. The van der Waals surface area contributed by atoms with Gasteiger partial charge in [0.15, 0.2) is 10.3 Å². The summed E-state index contributed by atoms with van der Waals surface area (Å²) in [4.78, 5) is 10.7. The monoisotopic (exact) mass is 640 g/mol. The molecule has 12 heteroatoms. The molecule has 2 fully saturated rings. The van der Waals surface area contributed by atoms with E-state index < -0.39 is 0 Å². The number of anilines is 3. The third-order valence-electron chi connectivity index (χ3n) is 5.84. The lowest BCUT2D eigenvalue weighted by Crippen LogP contribution is -2.35. The van der Waals surface area contributed by atoms with Crippen molar-refractivity contribution in [1.82, 2.24) is 9.97 Å². The van der Waals surface area contributed by atoms with Crippen LogP contribution in [0.15, 0.2) is 52.3 Å². The highest BCUT2D eigenvalue weighted by atomic mass is 79.9. The first-order valence-corrected chi connectivity index (χ1v) is 14.9. The number of thiazole rings is 2. The van der Waals surface area contributed by atoms with Gasteiger partial charge in [0.05, 0.1) is 22.7 Å². The first-order valence-electron chi connectivity index (χ1n) is 12.5. The summed E-state index contributed by atoms with van der Waals surface area (Å²) >= 11 is 6.18. The Morgan fingerprint density at radius 3 is 1.67 bits per heavy atom. The molecule has 210 valence electrons. The molecule has 2 saturated heterocycles. The first-order chi connectivity index (χ1) is 18.9. The number of benzene rings is 2. The molecule has 2 aromatic carbocycles. The molecule has 0 unspecified atom stereocenters. The van der Waals surface area contributed by atoms with E-state index in [2.05, 4.69) is 30.8 Å². The Bertz CT molecular complexity index is 1300. The fraction of sp³-hybridized carbons (Fsp3) is 0.333. The van der Waals surface area contributed by atoms with Crippen molar-refractivity contribution in [2.24, 2.45) is 0 Å². The predicted molar refractivity (Wildman–Crippen MR) is 161 cm³/mol. The van der Waals surface area contributed by atoms with Crippen LogP contribution in [0.1, 0.15) is 20.7 Å². The summed E-state index contributed by atoms with van der Waals surface area (Å²) in [6.07, 6.45) is 3.93. The smallest absolute Gasteiger partial charge is 0.182 e. The lowest BCUT2D eigenvalue weighted by molar-refractivity contribution is 0.0968. The van der Waals surface area contributed by atoms with Gasteiger partial charge in [-0.25, -0.2) is 18.7 Å². The van der Waals surface area contributed by atoms with Gasteiger partial charge in [0, 0.05) is 38.9 Å². The highest BCUT2D eigenvalue weighted by Gasteiger charge is 2.20. The van der Waals surface area contributed by atoms with Crippen LogP contribution >= 0.6 is 38.6 Å². The second-order valence-corrected chi connectivity index (χ2v) is 12.0. The molecule has 0 atom stereocenters. The maximum atomic E-state index is 13.0. The first kappa shape index (κ1) is 29.3. The number of hydrogen-bond donors (Lipinski definition) is 2. The molecular formula is C27H32BrF2N5O2S2. The molecule has 2 aromatic heterocycles. The summed E-state index contributed by atoms with van der Waals surface area (Å²) in [6.45, 7) is 5.08. The van der Waals surface area contributed by atoms with Crippen molar-refractivity contribution in [3.63, 3.8) is 0 Å². The Kier molecular flexibility index (Phi) is 11.0. The van der Waals surface area contributed by atoms with Crippen molar-refractivity contribution in [1.29, 1.82) is 0 Å². The number of nitrogen functional groups attached to an aromatic ring is 2. The summed E-state index contributed by atoms with van der Waals surface area (Å²) in [5.74, 6) is -0.507. The standard InChI is InChI=1S/C13H14FN3OS.C9H6BrFN2S.C5H10O.H2/c14-10-3-1-9(2-4-10)11-12(19-13(15)16-11)17-5-7-18-8-6-17;10-8-7(13-9(12)14-8)5-1-3-6(11)4-2-5;1-2-4-6-5-3-1;/h1-4H,5-8H2,(H2,15,16);1-4H,(H2,12,13);1-5H2;1H/i;;;1+1. The summed E-state index contributed by atoms with van der Waals surface area (Å²) < 4.78 is 36.9. The number of ether oxygens (including phenoxy) is 2.